The quantitative estimate of drug-likeness (QED) is 0.703. The Bertz CT molecular complexity index is 342. The predicted molar refractivity (Wildman–Crippen MR) is 77.5 cm³/mol. The van der Waals surface area contributed by atoms with Crippen LogP contribution < -0.4 is 16.0 Å². The second-order valence-electron chi connectivity index (χ2n) is 5.80. The molecular formula is C14H26N4O2. The van der Waals surface area contributed by atoms with Crippen molar-refractivity contribution < 1.29 is 9.59 Å². The summed E-state index contributed by atoms with van der Waals surface area (Å²) in [6.07, 6.45) is 5.73. The first-order valence-corrected chi connectivity index (χ1v) is 7.71. The molecular weight excluding hydrogens is 256 g/mol. The predicted octanol–water partition coefficient (Wildman–Crippen LogP) is 0.439. The van der Waals surface area contributed by atoms with Crippen LogP contribution in [0.1, 0.15) is 39.0 Å². The molecule has 1 heterocycles. The highest BCUT2D eigenvalue weighted by Gasteiger charge is 2.23. The molecule has 0 bridgehead atoms. The number of hydrogen-bond acceptors (Lipinski definition) is 3. The average molecular weight is 282 g/mol. The van der Waals surface area contributed by atoms with Gasteiger partial charge in [-0.05, 0) is 19.8 Å². The molecule has 2 aliphatic rings. The molecule has 20 heavy (non-hydrogen) atoms. The summed E-state index contributed by atoms with van der Waals surface area (Å²) in [5, 5.41) is 8.89. The minimum absolute atomic E-state index is 0.00204. The Hall–Kier alpha value is -1.30. The molecule has 1 aliphatic heterocycles. The lowest BCUT2D eigenvalue weighted by molar-refractivity contribution is -0.132. The van der Waals surface area contributed by atoms with Crippen molar-refractivity contribution in [2.45, 2.75) is 51.1 Å². The van der Waals surface area contributed by atoms with Crippen LogP contribution in [0.15, 0.2) is 0 Å². The number of amides is 3. The molecule has 1 saturated carbocycles. The number of nitrogens with one attached hydrogen (secondary N) is 3. The Labute approximate surface area is 120 Å². The van der Waals surface area contributed by atoms with Crippen LogP contribution in [0.25, 0.3) is 0 Å². The van der Waals surface area contributed by atoms with Crippen molar-refractivity contribution in [2.75, 3.05) is 26.2 Å². The van der Waals surface area contributed by atoms with E-state index in [0.717, 1.165) is 25.9 Å². The smallest absolute Gasteiger partial charge is 0.315 e. The number of rotatable bonds is 3. The first-order chi connectivity index (χ1) is 9.66. The van der Waals surface area contributed by atoms with Crippen molar-refractivity contribution in [3.05, 3.63) is 0 Å². The van der Waals surface area contributed by atoms with E-state index in [0.29, 0.717) is 6.54 Å². The van der Waals surface area contributed by atoms with Gasteiger partial charge in [0.05, 0.1) is 6.54 Å². The van der Waals surface area contributed by atoms with Gasteiger partial charge in [0.25, 0.3) is 0 Å². The molecule has 1 saturated heterocycles. The third-order valence-corrected chi connectivity index (χ3v) is 4.16. The summed E-state index contributed by atoms with van der Waals surface area (Å²) in [6, 6.07) is 0.254. The summed E-state index contributed by atoms with van der Waals surface area (Å²) < 4.78 is 0. The maximum atomic E-state index is 12.1. The molecule has 3 amide bonds. The van der Waals surface area contributed by atoms with Crippen molar-refractivity contribution in [1.82, 2.24) is 20.9 Å². The molecule has 0 aromatic heterocycles. The van der Waals surface area contributed by atoms with E-state index in [2.05, 4.69) is 16.0 Å². The molecule has 0 aromatic rings. The normalized spacial score (nSPS) is 24.2. The standard InChI is InChI=1S/C14H26N4O2/c1-11-9-15-7-8-18(11)13(19)10-16-14(20)17-12-5-3-2-4-6-12/h11-12,15H,2-10H2,1H3,(H2,16,17,20)/t11-/m1/s1. The third kappa shape index (κ3) is 4.37. The lowest BCUT2D eigenvalue weighted by Crippen LogP contribution is -2.55. The zero-order valence-electron chi connectivity index (χ0n) is 12.3. The first-order valence-electron chi connectivity index (χ1n) is 7.71. The maximum absolute atomic E-state index is 12.1. The van der Waals surface area contributed by atoms with Crippen molar-refractivity contribution >= 4 is 11.9 Å². The van der Waals surface area contributed by atoms with E-state index in [-0.39, 0.29) is 30.6 Å². The molecule has 0 aromatic carbocycles. The maximum Gasteiger partial charge on any atom is 0.315 e. The Morgan fingerprint density at radius 2 is 2.00 bits per heavy atom. The fourth-order valence-corrected chi connectivity index (χ4v) is 2.95. The zero-order chi connectivity index (χ0) is 14.4. The molecule has 114 valence electrons. The van der Waals surface area contributed by atoms with Gasteiger partial charge in [0, 0.05) is 31.7 Å². The summed E-state index contributed by atoms with van der Waals surface area (Å²) >= 11 is 0. The van der Waals surface area contributed by atoms with Crippen molar-refractivity contribution in [2.24, 2.45) is 0 Å². The summed E-state index contributed by atoms with van der Waals surface area (Å²) in [4.78, 5) is 25.7. The van der Waals surface area contributed by atoms with E-state index < -0.39 is 0 Å². The SMILES string of the molecule is C[C@@H]1CNCCN1C(=O)CNC(=O)NC1CCCCC1. The van der Waals surface area contributed by atoms with Crippen molar-refractivity contribution in [1.29, 1.82) is 0 Å². The Morgan fingerprint density at radius 3 is 2.70 bits per heavy atom. The molecule has 1 atom stereocenters. The first kappa shape index (κ1) is 15.1. The molecule has 1 aliphatic carbocycles. The van der Waals surface area contributed by atoms with Gasteiger partial charge >= 0.3 is 6.03 Å². The number of carbonyl (C=O) groups is 2. The number of urea groups is 1. The van der Waals surface area contributed by atoms with Gasteiger partial charge in [-0.3, -0.25) is 4.79 Å². The summed E-state index contributed by atoms with van der Waals surface area (Å²) in [5.41, 5.74) is 0. The monoisotopic (exact) mass is 282 g/mol. The fourth-order valence-electron chi connectivity index (χ4n) is 2.95. The van der Waals surface area contributed by atoms with E-state index in [1.165, 1.54) is 19.3 Å². The number of hydrogen-bond donors (Lipinski definition) is 3. The van der Waals surface area contributed by atoms with Crippen molar-refractivity contribution in [3.63, 3.8) is 0 Å². The second-order valence-corrected chi connectivity index (χ2v) is 5.80. The van der Waals surface area contributed by atoms with Gasteiger partial charge in [0.15, 0.2) is 0 Å². The topological polar surface area (TPSA) is 73.5 Å². The van der Waals surface area contributed by atoms with Crippen LogP contribution in [0.4, 0.5) is 4.79 Å². The molecule has 0 unspecified atom stereocenters. The lowest BCUT2D eigenvalue weighted by atomic mass is 9.96. The van der Waals surface area contributed by atoms with Crippen LogP contribution in [-0.4, -0.2) is 55.1 Å². The van der Waals surface area contributed by atoms with Crippen LogP contribution >= 0.6 is 0 Å². The van der Waals surface area contributed by atoms with E-state index in [1.807, 2.05) is 11.8 Å². The highest BCUT2D eigenvalue weighted by molar-refractivity contribution is 5.84. The van der Waals surface area contributed by atoms with E-state index in [9.17, 15) is 9.59 Å². The Morgan fingerprint density at radius 1 is 1.25 bits per heavy atom. The average Bonchev–Trinajstić information content (AvgIpc) is 2.46. The van der Waals surface area contributed by atoms with Crippen LogP contribution in [0.3, 0.4) is 0 Å². The highest BCUT2D eigenvalue weighted by atomic mass is 16.2. The molecule has 6 nitrogen and oxygen atoms in total. The fraction of sp³-hybridized carbons (Fsp3) is 0.857. The molecule has 0 radical (unpaired) electrons. The number of piperazine rings is 1. The minimum atomic E-state index is -0.215. The number of carbonyl (C=O) groups excluding carboxylic acids is 2. The highest BCUT2D eigenvalue weighted by Crippen LogP contribution is 2.17. The van der Waals surface area contributed by atoms with Gasteiger partial charge in [-0.2, -0.15) is 0 Å². The molecule has 2 rings (SSSR count). The van der Waals surface area contributed by atoms with Crippen LogP contribution in [0.5, 0.6) is 0 Å². The van der Waals surface area contributed by atoms with E-state index in [1.54, 1.807) is 0 Å². The van der Waals surface area contributed by atoms with Gasteiger partial charge < -0.3 is 20.9 Å². The van der Waals surface area contributed by atoms with E-state index in [4.69, 9.17) is 0 Å². The molecule has 0 spiro atoms. The van der Waals surface area contributed by atoms with Gasteiger partial charge in [0.1, 0.15) is 0 Å². The van der Waals surface area contributed by atoms with Crippen LogP contribution in [-0.2, 0) is 4.79 Å². The Kier molecular flexibility index (Phi) is 5.64. The second kappa shape index (κ2) is 7.47. The molecule has 3 N–H and O–H groups in total. The van der Waals surface area contributed by atoms with Gasteiger partial charge in [-0.15, -0.1) is 0 Å². The summed E-state index contributed by atoms with van der Waals surface area (Å²) in [7, 11) is 0. The van der Waals surface area contributed by atoms with Crippen LogP contribution in [0, 0.1) is 0 Å². The minimum Gasteiger partial charge on any atom is -0.336 e. The van der Waals surface area contributed by atoms with Gasteiger partial charge in [0.2, 0.25) is 5.91 Å². The molecule has 6 heteroatoms. The third-order valence-electron chi connectivity index (χ3n) is 4.16. The Balaban J connectivity index is 1.68. The van der Waals surface area contributed by atoms with Crippen LogP contribution in [0.2, 0.25) is 0 Å². The zero-order valence-corrected chi connectivity index (χ0v) is 12.3. The van der Waals surface area contributed by atoms with Crippen molar-refractivity contribution in [3.8, 4) is 0 Å². The van der Waals surface area contributed by atoms with E-state index >= 15 is 0 Å². The largest absolute Gasteiger partial charge is 0.336 e. The number of nitrogens with zero attached hydrogens (tertiary/aromatic N) is 1. The lowest BCUT2D eigenvalue weighted by Gasteiger charge is -2.34. The molecule has 2 fully saturated rings. The van der Waals surface area contributed by atoms with Gasteiger partial charge in [-0.1, -0.05) is 19.3 Å². The summed E-state index contributed by atoms with van der Waals surface area (Å²) in [6.45, 7) is 4.46. The van der Waals surface area contributed by atoms with Gasteiger partial charge in [-0.25, -0.2) is 4.79 Å². The summed E-state index contributed by atoms with van der Waals surface area (Å²) in [5.74, 6) is -0.00204.